The molecule has 28 heavy (non-hydrogen) atoms. The quantitative estimate of drug-likeness (QED) is 0.688. The van der Waals surface area contributed by atoms with Crippen molar-refractivity contribution in [1.29, 1.82) is 0 Å². The molecule has 4 nitrogen and oxygen atoms in total. The van der Waals surface area contributed by atoms with Crippen molar-refractivity contribution in [3.8, 4) is 0 Å². The molecule has 1 aromatic carbocycles. The number of fused-ring (bicyclic) bond motifs is 1. The minimum atomic E-state index is 0. The van der Waals surface area contributed by atoms with Gasteiger partial charge < -0.3 is 10.2 Å². The molecule has 1 amide bonds. The molecular formula is C21H28Cl3N3O. The fourth-order valence-corrected chi connectivity index (χ4v) is 4.12. The van der Waals surface area contributed by atoms with Crippen molar-refractivity contribution in [1.82, 2.24) is 15.2 Å². The third kappa shape index (κ3) is 4.91. The van der Waals surface area contributed by atoms with Crippen molar-refractivity contribution >= 4 is 53.2 Å². The molecule has 0 radical (unpaired) electrons. The molecule has 154 valence electrons. The molecule has 0 bridgehead atoms. The highest BCUT2D eigenvalue weighted by Gasteiger charge is 2.30. The van der Waals surface area contributed by atoms with E-state index in [1.165, 1.54) is 12.8 Å². The number of pyridine rings is 1. The van der Waals surface area contributed by atoms with Crippen LogP contribution in [0.2, 0.25) is 5.02 Å². The van der Waals surface area contributed by atoms with Crippen LogP contribution in [-0.4, -0.2) is 41.5 Å². The Bertz CT molecular complexity index is 820. The SMILES string of the molecule is CCCN(C(=O)c1cc(C2CC2)nc2ccc(Cl)cc12)C1CCNCC1.Cl.Cl. The van der Waals surface area contributed by atoms with Gasteiger partial charge in [0, 0.05) is 34.6 Å². The van der Waals surface area contributed by atoms with Gasteiger partial charge in [-0.05, 0) is 69.5 Å². The Morgan fingerprint density at radius 2 is 1.89 bits per heavy atom. The second-order valence-corrected chi connectivity index (χ2v) is 7.95. The van der Waals surface area contributed by atoms with Crippen LogP contribution < -0.4 is 5.32 Å². The molecule has 2 aromatic rings. The largest absolute Gasteiger partial charge is 0.336 e. The Balaban J connectivity index is 0.00000140. The molecule has 1 saturated carbocycles. The normalized spacial score (nSPS) is 16.9. The summed E-state index contributed by atoms with van der Waals surface area (Å²) in [6, 6.07) is 8.03. The minimum absolute atomic E-state index is 0. The Kier molecular flexibility index (Phi) is 8.38. The molecular weight excluding hydrogens is 417 g/mol. The van der Waals surface area contributed by atoms with E-state index in [9.17, 15) is 4.79 Å². The van der Waals surface area contributed by atoms with E-state index in [1.54, 1.807) is 0 Å². The van der Waals surface area contributed by atoms with Gasteiger partial charge in [0.25, 0.3) is 5.91 Å². The first kappa shape index (κ1) is 23.2. The van der Waals surface area contributed by atoms with Crippen LogP contribution in [0.5, 0.6) is 0 Å². The van der Waals surface area contributed by atoms with Gasteiger partial charge in [-0.1, -0.05) is 18.5 Å². The van der Waals surface area contributed by atoms with Gasteiger partial charge in [-0.25, -0.2) is 0 Å². The smallest absolute Gasteiger partial charge is 0.254 e. The van der Waals surface area contributed by atoms with Crippen LogP contribution in [0.15, 0.2) is 24.3 Å². The van der Waals surface area contributed by atoms with Crippen LogP contribution in [0.1, 0.15) is 61.0 Å². The van der Waals surface area contributed by atoms with Gasteiger partial charge in [-0.15, -0.1) is 24.8 Å². The summed E-state index contributed by atoms with van der Waals surface area (Å²) in [5.74, 6) is 0.649. The summed E-state index contributed by atoms with van der Waals surface area (Å²) < 4.78 is 0. The monoisotopic (exact) mass is 443 g/mol. The van der Waals surface area contributed by atoms with Crippen molar-refractivity contribution in [2.24, 2.45) is 0 Å². The molecule has 1 saturated heterocycles. The summed E-state index contributed by atoms with van der Waals surface area (Å²) >= 11 is 6.24. The van der Waals surface area contributed by atoms with Crippen LogP contribution in [-0.2, 0) is 0 Å². The number of carbonyl (C=O) groups excluding carboxylic acids is 1. The third-order valence-electron chi connectivity index (χ3n) is 5.49. The predicted molar refractivity (Wildman–Crippen MR) is 120 cm³/mol. The van der Waals surface area contributed by atoms with Gasteiger partial charge in [0.15, 0.2) is 0 Å². The van der Waals surface area contributed by atoms with Crippen molar-refractivity contribution in [3.63, 3.8) is 0 Å². The molecule has 7 heteroatoms. The van der Waals surface area contributed by atoms with Crippen LogP contribution in [0.25, 0.3) is 10.9 Å². The second kappa shape index (κ2) is 10.1. The number of halogens is 3. The second-order valence-electron chi connectivity index (χ2n) is 7.51. The number of amides is 1. The van der Waals surface area contributed by atoms with Gasteiger partial charge in [0.2, 0.25) is 0 Å². The molecule has 1 N–H and O–H groups in total. The number of nitrogens with one attached hydrogen (secondary N) is 1. The lowest BCUT2D eigenvalue weighted by Crippen LogP contribution is -2.46. The van der Waals surface area contributed by atoms with Crippen molar-refractivity contribution < 1.29 is 4.79 Å². The maximum atomic E-state index is 13.6. The topological polar surface area (TPSA) is 45.2 Å². The van der Waals surface area contributed by atoms with Gasteiger partial charge >= 0.3 is 0 Å². The summed E-state index contributed by atoms with van der Waals surface area (Å²) in [4.78, 5) is 20.5. The summed E-state index contributed by atoms with van der Waals surface area (Å²) in [6.45, 7) is 4.90. The average Bonchev–Trinajstić information content (AvgIpc) is 3.51. The lowest BCUT2D eigenvalue weighted by molar-refractivity contribution is 0.0644. The minimum Gasteiger partial charge on any atom is -0.336 e. The number of hydrogen-bond acceptors (Lipinski definition) is 3. The zero-order chi connectivity index (χ0) is 18.1. The first-order valence-corrected chi connectivity index (χ1v) is 10.2. The zero-order valence-corrected chi connectivity index (χ0v) is 18.5. The molecule has 4 rings (SSSR count). The van der Waals surface area contributed by atoms with Crippen LogP contribution >= 0.6 is 36.4 Å². The number of benzene rings is 1. The molecule has 0 unspecified atom stereocenters. The number of nitrogens with zero attached hydrogens (tertiary/aromatic N) is 2. The van der Waals surface area contributed by atoms with Gasteiger partial charge in [-0.2, -0.15) is 0 Å². The maximum Gasteiger partial charge on any atom is 0.254 e. The molecule has 0 spiro atoms. The maximum absolute atomic E-state index is 13.6. The Morgan fingerprint density at radius 3 is 2.54 bits per heavy atom. The van der Waals surface area contributed by atoms with E-state index in [2.05, 4.69) is 17.1 Å². The summed E-state index contributed by atoms with van der Waals surface area (Å²) in [7, 11) is 0. The predicted octanol–water partition coefficient (Wildman–Crippen LogP) is 5.21. The fourth-order valence-electron chi connectivity index (χ4n) is 3.95. The standard InChI is InChI=1S/C21H26ClN3O.2ClH/c1-2-11-25(16-7-9-23-10-8-16)21(26)18-13-20(14-3-4-14)24-19-6-5-15(22)12-17(18)19;;/h5-6,12-14,16,23H,2-4,7-11H2,1H3;2*1H. The van der Waals surface area contributed by atoms with E-state index < -0.39 is 0 Å². The number of piperidine rings is 1. The summed E-state index contributed by atoms with van der Waals surface area (Å²) in [5, 5.41) is 4.92. The average molecular weight is 445 g/mol. The first-order valence-electron chi connectivity index (χ1n) is 9.79. The zero-order valence-electron chi connectivity index (χ0n) is 16.1. The van der Waals surface area contributed by atoms with Gasteiger partial charge in [-0.3, -0.25) is 9.78 Å². The fraction of sp³-hybridized carbons (Fsp3) is 0.524. The summed E-state index contributed by atoms with van der Waals surface area (Å²) in [5.41, 5.74) is 2.71. The number of hydrogen-bond donors (Lipinski definition) is 1. The molecule has 2 aliphatic rings. The number of aromatic nitrogens is 1. The van der Waals surface area contributed by atoms with E-state index in [1.807, 2.05) is 24.3 Å². The first-order chi connectivity index (χ1) is 12.7. The van der Waals surface area contributed by atoms with Crippen molar-refractivity contribution in [2.75, 3.05) is 19.6 Å². The number of rotatable bonds is 5. The molecule has 0 atom stereocenters. The molecule has 2 heterocycles. The lowest BCUT2D eigenvalue weighted by atomic mass is 10.0. The van der Waals surface area contributed by atoms with Crippen molar-refractivity contribution in [2.45, 2.75) is 51.0 Å². The van der Waals surface area contributed by atoms with Gasteiger partial charge in [0.1, 0.15) is 0 Å². The third-order valence-corrected chi connectivity index (χ3v) is 5.73. The summed E-state index contributed by atoms with van der Waals surface area (Å²) in [6.07, 6.45) is 5.35. The van der Waals surface area contributed by atoms with Crippen LogP contribution in [0.4, 0.5) is 0 Å². The molecule has 2 fully saturated rings. The van der Waals surface area contributed by atoms with Crippen molar-refractivity contribution in [3.05, 3.63) is 40.5 Å². The lowest BCUT2D eigenvalue weighted by Gasteiger charge is -2.35. The highest BCUT2D eigenvalue weighted by molar-refractivity contribution is 6.31. The number of carbonyl (C=O) groups is 1. The molecule has 1 aromatic heterocycles. The molecule has 1 aliphatic heterocycles. The Morgan fingerprint density at radius 1 is 1.18 bits per heavy atom. The van der Waals surface area contributed by atoms with E-state index in [4.69, 9.17) is 16.6 Å². The van der Waals surface area contributed by atoms with Crippen LogP contribution in [0.3, 0.4) is 0 Å². The highest BCUT2D eigenvalue weighted by atomic mass is 35.5. The van der Waals surface area contributed by atoms with E-state index in [0.717, 1.165) is 61.1 Å². The molecule has 1 aliphatic carbocycles. The highest BCUT2D eigenvalue weighted by Crippen LogP contribution is 2.40. The van der Waals surface area contributed by atoms with Gasteiger partial charge in [0.05, 0.1) is 11.1 Å². The van der Waals surface area contributed by atoms with E-state index in [0.29, 0.717) is 17.0 Å². The Hall–Kier alpha value is -1.07. The Labute approximate surface area is 184 Å². The van der Waals surface area contributed by atoms with E-state index in [-0.39, 0.29) is 30.7 Å². The van der Waals surface area contributed by atoms with Crippen LogP contribution in [0, 0.1) is 0 Å². The van der Waals surface area contributed by atoms with E-state index >= 15 is 0 Å².